The Balaban J connectivity index is 1.78. The average Bonchev–Trinajstić information content (AvgIpc) is 2.92. The highest BCUT2D eigenvalue weighted by atomic mass is 16.5. The second-order valence-corrected chi connectivity index (χ2v) is 6.21. The molecule has 1 aromatic carbocycles. The van der Waals surface area contributed by atoms with Gasteiger partial charge in [-0.3, -0.25) is 4.79 Å². The van der Waals surface area contributed by atoms with Crippen molar-refractivity contribution in [1.29, 1.82) is 0 Å². The van der Waals surface area contributed by atoms with Gasteiger partial charge in [0.25, 0.3) is 0 Å². The Bertz CT molecular complexity index is 702. The van der Waals surface area contributed by atoms with Gasteiger partial charge in [-0.2, -0.15) is 0 Å². The lowest BCUT2D eigenvalue weighted by atomic mass is 9.96. The normalized spacial score (nSPS) is 17.2. The molecular formula is C18H24N2O3. The van der Waals surface area contributed by atoms with Crippen LogP contribution in [0.4, 0.5) is 0 Å². The molecule has 0 aliphatic carbocycles. The monoisotopic (exact) mass is 316 g/mol. The summed E-state index contributed by atoms with van der Waals surface area (Å²) < 4.78 is 11.2. The lowest BCUT2D eigenvalue weighted by Crippen LogP contribution is -2.39. The number of furan rings is 1. The molecular weight excluding hydrogens is 292 g/mol. The molecule has 2 heterocycles. The minimum Gasteiger partial charge on any atom is -0.497 e. The maximum absolute atomic E-state index is 12.4. The number of nitrogens with one attached hydrogen (secondary N) is 2. The van der Waals surface area contributed by atoms with Crippen LogP contribution in [0.2, 0.25) is 0 Å². The minimum atomic E-state index is -0.143. The number of ether oxygens (including phenoxy) is 1. The lowest BCUT2D eigenvalue weighted by molar-refractivity contribution is -0.126. The molecule has 1 fully saturated rings. The molecule has 0 saturated carbocycles. The molecule has 1 aliphatic rings. The van der Waals surface area contributed by atoms with Gasteiger partial charge in [0.2, 0.25) is 5.91 Å². The third-order valence-electron chi connectivity index (χ3n) is 4.64. The molecule has 5 nitrogen and oxygen atoms in total. The van der Waals surface area contributed by atoms with E-state index in [1.165, 1.54) is 0 Å². The number of methoxy groups -OCH3 is 1. The molecule has 2 aromatic rings. The first-order valence-corrected chi connectivity index (χ1v) is 8.18. The Morgan fingerprint density at radius 1 is 1.39 bits per heavy atom. The first-order valence-electron chi connectivity index (χ1n) is 8.18. The zero-order valence-corrected chi connectivity index (χ0v) is 13.9. The fourth-order valence-corrected chi connectivity index (χ4v) is 3.24. The third-order valence-corrected chi connectivity index (χ3v) is 4.64. The predicted octanol–water partition coefficient (Wildman–Crippen LogP) is 2.93. The number of benzene rings is 1. The summed E-state index contributed by atoms with van der Waals surface area (Å²) in [7, 11) is 1.65. The van der Waals surface area contributed by atoms with Crippen LogP contribution in [0.3, 0.4) is 0 Å². The van der Waals surface area contributed by atoms with Crippen LogP contribution < -0.4 is 15.4 Å². The summed E-state index contributed by atoms with van der Waals surface area (Å²) >= 11 is 0. The molecule has 1 unspecified atom stereocenters. The molecule has 0 spiro atoms. The molecule has 0 radical (unpaired) electrons. The van der Waals surface area contributed by atoms with Crippen molar-refractivity contribution in [1.82, 2.24) is 10.6 Å². The highest BCUT2D eigenvalue weighted by Gasteiger charge is 2.24. The van der Waals surface area contributed by atoms with Gasteiger partial charge < -0.3 is 19.8 Å². The number of hydrogen-bond acceptors (Lipinski definition) is 4. The smallest absolute Gasteiger partial charge is 0.223 e. The summed E-state index contributed by atoms with van der Waals surface area (Å²) in [6.45, 7) is 5.82. The average molecular weight is 316 g/mol. The van der Waals surface area contributed by atoms with Crippen molar-refractivity contribution in [2.45, 2.75) is 32.7 Å². The maximum atomic E-state index is 12.4. The van der Waals surface area contributed by atoms with Gasteiger partial charge in [0.15, 0.2) is 0 Å². The van der Waals surface area contributed by atoms with Crippen molar-refractivity contribution >= 4 is 16.9 Å². The third kappa shape index (κ3) is 3.20. The van der Waals surface area contributed by atoms with Gasteiger partial charge in [0.05, 0.1) is 13.2 Å². The van der Waals surface area contributed by atoms with E-state index in [1.807, 2.05) is 32.0 Å². The summed E-state index contributed by atoms with van der Waals surface area (Å²) in [5, 5.41) is 7.42. The van der Waals surface area contributed by atoms with E-state index in [1.54, 1.807) is 7.11 Å². The first kappa shape index (κ1) is 15.9. The van der Waals surface area contributed by atoms with Gasteiger partial charge >= 0.3 is 0 Å². The van der Waals surface area contributed by atoms with Crippen LogP contribution >= 0.6 is 0 Å². The van der Waals surface area contributed by atoms with E-state index in [4.69, 9.17) is 9.15 Å². The Morgan fingerprint density at radius 3 is 2.83 bits per heavy atom. The van der Waals surface area contributed by atoms with E-state index in [2.05, 4.69) is 10.6 Å². The quantitative estimate of drug-likeness (QED) is 0.910. The van der Waals surface area contributed by atoms with E-state index >= 15 is 0 Å². The number of rotatable bonds is 4. The fraction of sp³-hybridized carbons (Fsp3) is 0.500. The molecule has 5 heteroatoms. The molecule has 3 rings (SSSR count). The van der Waals surface area contributed by atoms with Crippen LogP contribution in [-0.2, 0) is 4.79 Å². The van der Waals surface area contributed by atoms with Gasteiger partial charge in [-0.25, -0.2) is 0 Å². The van der Waals surface area contributed by atoms with Crippen molar-refractivity contribution in [3.05, 3.63) is 29.5 Å². The van der Waals surface area contributed by atoms with Gasteiger partial charge in [-0.1, -0.05) is 0 Å². The molecule has 2 N–H and O–H groups in total. The standard InChI is InChI=1S/C18H24N2O3/c1-11-15-10-14(22-3)4-5-16(15)23-17(11)12(2)20-18(21)13-6-8-19-9-7-13/h4-5,10,12-13,19H,6-9H2,1-3H3,(H,20,21). The molecule has 1 amide bonds. The Kier molecular flexibility index (Phi) is 4.57. The van der Waals surface area contributed by atoms with Crippen LogP contribution in [0.5, 0.6) is 5.75 Å². The summed E-state index contributed by atoms with van der Waals surface area (Å²) in [6.07, 6.45) is 1.80. The SMILES string of the molecule is COc1ccc2oc(C(C)NC(=O)C3CCNCC3)c(C)c2c1. The van der Waals surface area contributed by atoms with Crippen molar-refractivity contribution < 1.29 is 13.9 Å². The predicted molar refractivity (Wildman–Crippen MR) is 89.7 cm³/mol. The van der Waals surface area contributed by atoms with E-state index in [-0.39, 0.29) is 17.9 Å². The molecule has 1 aromatic heterocycles. The largest absolute Gasteiger partial charge is 0.497 e. The van der Waals surface area contributed by atoms with Gasteiger partial charge in [-0.15, -0.1) is 0 Å². The number of carbonyl (C=O) groups excluding carboxylic acids is 1. The van der Waals surface area contributed by atoms with Crippen LogP contribution in [-0.4, -0.2) is 26.1 Å². The van der Waals surface area contributed by atoms with Crippen molar-refractivity contribution in [2.75, 3.05) is 20.2 Å². The second-order valence-electron chi connectivity index (χ2n) is 6.21. The highest BCUT2D eigenvalue weighted by Crippen LogP contribution is 2.32. The highest BCUT2D eigenvalue weighted by molar-refractivity contribution is 5.84. The Hall–Kier alpha value is -2.01. The number of fused-ring (bicyclic) bond motifs is 1. The Labute approximate surface area is 136 Å². The van der Waals surface area contributed by atoms with Gasteiger partial charge in [0.1, 0.15) is 17.1 Å². The number of piperidine rings is 1. The molecule has 0 bridgehead atoms. The van der Waals surface area contributed by atoms with Crippen LogP contribution in [0.1, 0.15) is 37.1 Å². The van der Waals surface area contributed by atoms with Crippen LogP contribution in [0, 0.1) is 12.8 Å². The fourth-order valence-electron chi connectivity index (χ4n) is 3.24. The van der Waals surface area contributed by atoms with E-state index in [9.17, 15) is 4.79 Å². The summed E-state index contributed by atoms with van der Waals surface area (Å²) in [4.78, 5) is 12.4. The lowest BCUT2D eigenvalue weighted by Gasteiger charge is -2.23. The van der Waals surface area contributed by atoms with E-state index in [0.717, 1.165) is 54.0 Å². The van der Waals surface area contributed by atoms with Gasteiger partial charge in [-0.05, 0) is 58.0 Å². The van der Waals surface area contributed by atoms with Gasteiger partial charge in [0, 0.05) is 16.9 Å². The first-order chi connectivity index (χ1) is 11.1. The van der Waals surface area contributed by atoms with Crippen LogP contribution in [0.25, 0.3) is 11.0 Å². The molecule has 1 saturated heterocycles. The maximum Gasteiger partial charge on any atom is 0.223 e. The molecule has 23 heavy (non-hydrogen) atoms. The number of aryl methyl sites for hydroxylation is 1. The van der Waals surface area contributed by atoms with E-state index in [0.29, 0.717) is 0 Å². The number of amides is 1. The zero-order valence-electron chi connectivity index (χ0n) is 13.9. The Morgan fingerprint density at radius 2 is 2.13 bits per heavy atom. The molecule has 1 atom stereocenters. The summed E-state index contributed by atoms with van der Waals surface area (Å²) in [5.74, 6) is 1.84. The number of hydrogen-bond donors (Lipinski definition) is 2. The van der Waals surface area contributed by atoms with Crippen molar-refractivity contribution in [2.24, 2.45) is 5.92 Å². The summed E-state index contributed by atoms with van der Waals surface area (Å²) in [6, 6.07) is 5.62. The molecule has 124 valence electrons. The van der Waals surface area contributed by atoms with E-state index < -0.39 is 0 Å². The topological polar surface area (TPSA) is 63.5 Å². The second kappa shape index (κ2) is 6.62. The minimum absolute atomic E-state index is 0.100. The summed E-state index contributed by atoms with van der Waals surface area (Å²) in [5.41, 5.74) is 1.87. The van der Waals surface area contributed by atoms with Crippen molar-refractivity contribution in [3.8, 4) is 5.75 Å². The molecule has 1 aliphatic heterocycles. The van der Waals surface area contributed by atoms with Crippen LogP contribution in [0.15, 0.2) is 22.6 Å². The van der Waals surface area contributed by atoms with Crippen molar-refractivity contribution in [3.63, 3.8) is 0 Å². The zero-order chi connectivity index (χ0) is 16.4. The number of carbonyl (C=O) groups is 1.